The van der Waals surface area contributed by atoms with Crippen LogP contribution >= 0.6 is 11.3 Å². The Hall–Kier alpha value is -3.66. The van der Waals surface area contributed by atoms with E-state index in [1.165, 1.54) is 11.3 Å². The molecule has 0 N–H and O–H groups in total. The third kappa shape index (κ3) is 2.38. The van der Waals surface area contributed by atoms with Crippen molar-refractivity contribution in [3.8, 4) is 22.1 Å². The highest BCUT2D eigenvalue weighted by molar-refractivity contribution is 7.19. The summed E-state index contributed by atoms with van der Waals surface area (Å²) in [5.41, 5.74) is 3.81. The fourth-order valence-corrected chi connectivity index (χ4v) is 4.04. The smallest absolute Gasteiger partial charge is 0.273 e. The second-order valence-electron chi connectivity index (χ2n) is 6.36. The largest absolute Gasteiger partial charge is 0.297 e. The fraction of sp³-hybridized carbons (Fsp3) is 0.111. The molecule has 0 bridgehead atoms. The van der Waals surface area contributed by atoms with Gasteiger partial charge in [-0.25, -0.2) is 4.98 Å². The van der Waals surface area contributed by atoms with Crippen LogP contribution in [0.2, 0.25) is 0 Å². The first-order valence-electron chi connectivity index (χ1n) is 8.44. The van der Waals surface area contributed by atoms with Crippen LogP contribution < -0.4 is 0 Å². The molecule has 0 radical (unpaired) electrons. The highest BCUT2D eigenvalue weighted by Gasteiger charge is 2.21. The lowest BCUT2D eigenvalue weighted by Gasteiger charge is -2.00. The van der Waals surface area contributed by atoms with E-state index in [1.807, 2.05) is 41.8 Å². The lowest BCUT2D eigenvalue weighted by molar-refractivity contribution is -0.385. The van der Waals surface area contributed by atoms with Crippen LogP contribution in [0.4, 0.5) is 5.69 Å². The van der Waals surface area contributed by atoms with Crippen LogP contribution in [0.25, 0.3) is 32.7 Å². The van der Waals surface area contributed by atoms with Gasteiger partial charge in [0.05, 0.1) is 10.6 Å². The summed E-state index contributed by atoms with van der Waals surface area (Å²) in [6.07, 6.45) is 1.92. The van der Waals surface area contributed by atoms with Crippen molar-refractivity contribution in [2.75, 3.05) is 0 Å². The molecule has 5 rings (SSSR count). The van der Waals surface area contributed by atoms with Crippen molar-refractivity contribution in [3.05, 3.63) is 64.0 Å². The average molecular weight is 391 g/mol. The summed E-state index contributed by atoms with van der Waals surface area (Å²) >= 11 is 1.33. The van der Waals surface area contributed by atoms with Crippen molar-refractivity contribution in [2.24, 2.45) is 0 Å². The van der Waals surface area contributed by atoms with E-state index in [0.29, 0.717) is 26.9 Å². The normalized spacial score (nSPS) is 11.5. The van der Waals surface area contributed by atoms with Gasteiger partial charge in [0.15, 0.2) is 0 Å². The van der Waals surface area contributed by atoms with Crippen LogP contribution in [0.5, 0.6) is 0 Å². The first-order valence-corrected chi connectivity index (χ1v) is 9.26. The maximum absolute atomic E-state index is 11.3. The monoisotopic (exact) mass is 391 g/mol. The van der Waals surface area contributed by atoms with Gasteiger partial charge in [0.1, 0.15) is 16.3 Å². The van der Waals surface area contributed by atoms with E-state index in [0.717, 1.165) is 17.0 Å². The summed E-state index contributed by atoms with van der Waals surface area (Å²) in [6, 6.07) is 10.9. The number of nitro benzene ring substituents is 1. The van der Waals surface area contributed by atoms with Crippen LogP contribution in [0.3, 0.4) is 0 Å². The zero-order chi connectivity index (χ0) is 19.4. The minimum Gasteiger partial charge on any atom is -0.297 e. The molecular weight excluding hydrogens is 378 g/mol. The van der Waals surface area contributed by atoms with Gasteiger partial charge in [0.2, 0.25) is 10.8 Å². The molecule has 10 heteroatoms. The van der Waals surface area contributed by atoms with Crippen molar-refractivity contribution in [1.82, 2.24) is 29.2 Å². The van der Waals surface area contributed by atoms with E-state index in [9.17, 15) is 10.1 Å². The number of imidazole rings is 1. The number of benzene rings is 1. The zero-order valence-electron chi connectivity index (χ0n) is 14.9. The molecule has 0 saturated carbocycles. The molecule has 4 heterocycles. The Balaban J connectivity index is 1.69. The molecule has 0 amide bonds. The maximum Gasteiger partial charge on any atom is 0.273 e. The van der Waals surface area contributed by atoms with E-state index in [4.69, 9.17) is 0 Å². The number of aromatic nitrogens is 6. The van der Waals surface area contributed by atoms with Crippen molar-refractivity contribution >= 4 is 27.6 Å². The number of nitro groups is 1. The number of aryl methyl sites for hydroxylation is 2. The van der Waals surface area contributed by atoms with E-state index >= 15 is 0 Å². The molecular formula is C18H13N7O2S. The van der Waals surface area contributed by atoms with Gasteiger partial charge >= 0.3 is 0 Å². The quantitative estimate of drug-likeness (QED) is 0.343. The summed E-state index contributed by atoms with van der Waals surface area (Å²) in [6.45, 7) is 3.63. The predicted molar refractivity (Wildman–Crippen MR) is 104 cm³/mol. The molecule has 138 valence electrons. The SMILES string of the molecule is Cc1ccc(-c2nn3c(-c4c(C)nc5ccccn45)nnc3s2)cc1[N+](=O)[O-]. The van der Waals surface area contributed by atoms with Crippen molar-refractivity contribution in [1.29, 1.82) is 0 Å². The Morgan fingerprint density at radius 1 is 1.14 bits per heavy atom. The van der Waals surface area contributed by atoms with Crippen LogP contribution in [-0.4, -0.2) is 34.1 Å². The number of fused-ring (bicyclic) bond motifs is 2. The number of rotatable bonds is 3. The highest BCUT2D eigenvalue weighted by Crippen LogP contribution is 2.32. The van der Waals surface area contributed by atoms with Crippen LogP contribution in [0.1, 0.15) is 11.3 Å². The second kappa shape index (κ2) is 5.92. The molecule has 1 aromatic carbocycles. The van der Waals surface area contributed by atoms with Crippen LogP contribution in [-0.2, 0) is 0 Å². The lowest BCUT2D eigenvalue weighted by Crippen LogP contribution is -1.96. The van der Waals surface area contributed by atoms with Crippen molar-refractivity contribution in [2.45, 2.75) is 13.8 Å². The van der Waals surface area contributed by atoms with Crippen LogP contribution in [0.15, 0.2) is 42.6 Å². The molecule has 0 spiro atoms. The number of hydrogen-bond donors (Lipinski definition) is 0. The first kappa shape index (κ1) is 16.5. The minimum atomic E-state index is -0.383. The lowest BCUT2D eigenvalue weighted by atomic mass is 10.1. The Morgan fingerprint density at radius 3 is 2.82 bits per heavy atom. The first-order chi connectivity index (χ1) is 13.5. The van der Waals surface area contributed by atoms with Gasteiger partial charge < -0.3 is 0 Å². The summed E-state index contributed by atoms with van der Waals surface area (Å²) in [4.78, 5) is 16.0. The van der Waals surface area contributed by atoms with Gasteiger partial charge in [0, 0.05) is 23.4 Å². The second-order valence-corrected chi connectivity index (χ2v) is 7.31. The van der Waals surface area contributed by atoms with E-state index in [2.05, 4.69) is 20.3 Å². The summed E-state index contributed by atoms with van der Waals surface area (Å²) in [7, 11) is 0. The summed E-state index contributed by atoms with van der Waals surface area (Å²) < 4.78 is 3.61. The number of nitrogens with zero attached hydrogens (tertiary/aromatic N) is 7. The molecule has 0 atom stereocenters. The van der Waals surface area contributed by atoms with Gasteiger partial charge in [-0.1, -0.05) is 29.5 Å². The molecule has 0 aliphatic rings. The van der Waals surface area contributed by atoms with Crippen molar-refractivity contribution < 1.29 is 4.92 Å². The highest BCUT2D eigenvalue weighted by atomic mass is 32.1. The molecule has 0 aliphatic heterocycles. The molecule has 28 heavy (non-hydrogen) atoms. The van der Waals surface area contributed by atoms with Crippen LogP contribution in [0, 0.1) is 24.0 Å². The Morgan fingerprint density at radius 2 is 2.00 bits per heavy atom. The predicted octanol–water partition coefficient (Wildman–Crippen LogP) is 3.69. The maximum atomic E-state index is 11.3. The van der Waals surface area contributed by atoms with Gasteiger partial charge in [-0.15, -0.1) is 10.2 Å². The standard InChI is InChI=1S/C18H13N7O2S/c1-10-6-7-12(9-13(10)25(26)27)17-22-24-16(20-21-18(24)28-17)15-11(2)19-14-5-3-4-8-23(14)15/h3-9H,1-2H3. The molecule has 5 aromatic rings. The van der Waals surface area contributed by atoms with Crippen molar-refractivity contribution in [3.63, 3.8) is 0 Å². The molecule has 9 nitrogen and oxygen atoms in total. The van der Waals surface area contributed by atoms with E-state index in [1.54, 1.807) is 23.6 Å². The zero-order valence-corrected chi connectivity index (χ0v) is 15.7. The third-order valence-electron chi connectivity index (χ3n) is 4.56. The Labute approximate surface area is 162 Å². The van der Waals surface area contributed by atoms with Gasteiger partial charge in [-0.05, 0) is 26.0 Å². The Kier molecular flexibility index (Phi) is 3.49. The molecule has 4 aromatic heterocycles. The third-order valence-corrected chi connectivity index (χ3v) is 5.51. The molecule has 0 aliphatic carbocycles. The topological polar surface area (TPSA) is 104 Å². The average Bonchev–Trinajstić information content (AvgIpc) is 3.33. The summed E-state index contributed by atoms with van der Waals surface area (Å²) in [5.74, 6) is 0.579. The Bertz CT molecular complexity index is 1380. The van der Waals surface area contributed by atoms with Gasteiger partial charge in [-0.2, -0.15) is 9.61 Å². The fourth-order valence-electron chi connectivity index (χ4n) is 3.20. The number of hydrogen-bond acceptors (Lipinski definition) is 7. The molecule has 0 saturated heterocycles. The minimum absolute atomic E-state index is 0.0707. The summed E-state index contributed by atoms with van der Waals surface area (Å²) in [5, 5.41) is 25.0. The molecule has 0 unspecified atom stereocenters. The van der Waals surface area contributed by atoms with E-state index in [-0.39, 0.29) is 10.6 Å². The molecule has 0 fully saturated rings. The van der Waals surface area contributed by atoms with Gasteiger partial charge in [-0.3, -0.25) is 14.5 Å². The van der Waals surface area contributed by atoms with Gasteiger partial charge in [0.25, 0.3) is 5.69 Å². The van der Waals surface area contributed by atoms with E-state index < -0.39 is 0 Å². The number of pyridine rings is 1.